The molecule has 154 valence electrons. The number of anilines is 1. The monoisotopic (exact) mass is 414 g/mol. The summed E-state index contributed by atoms with van der Waals surface area (Å²) in [6.45, 7) is 1.98. The standard InChI is InChI=1S/C22H18N6O3/c23-12-15-4-3-7-24-21(15)27-10-8-26(9-11-27)18(29)13-28-14-25-19-16-5-1-2-6-17(16)31-20(19)22(28)30/h1-7,14H,8-11,13H2. The first-order valence-electron chi connectivity index (χ1n) is 9.90. The van der Waals surface area contributed by atoms with E-state index in [4.69, 9.17) is 4.42 Å². The highest BCUT2D eigenvalue weighted by Crippen LogP contribution is 2.24. The topological polar surface area (TPSA) is 108 Å². The van der Waals surface area contributed by atoms with Crippen molar-refractivity contribution in [1.82, 2.24) is 19.4 Å². The average molecular weight is 414 g/mol. The Labute approximate surface area is 176 Å². The summed E-state index contributed by atoms with van der Waals surface area (Å²) in [7, 11) is 0. The number of nitrogens with zero attached hydrogens (tertiary/aromatic N) is 6. The number of nitriles is 1. The van der Waals surface area contributed by atoms with Crippen LogP contribution in [-0.4, -0.2) is 51.5 Å². The van der Waals surface area contributed by atoms with E-state index >= 15 is 0 Å². The maximum atomic E-state index is 12.8. The number of amides is 1. The Balaban J connectivity index is 1.31. The smallest absolute Gasteiger partial charge is 0.297 e. The minimum atomic E-state index is -0.375. The molecule has 9 nitrogen and oxygen atoms in total. The van der Waals surface area contributed by atoms with Crippen LogP contribution in [0.4, 0.5) is 5.82 Å². The summed E-state index contributed by atoms with van der Waals surface area (Å²) in [5, 5.41) is 10.0. The van der Waals surface area contributed by atoms with Gasteiger partial charge in [0.1, 0.15) is 29.5 Å². The average Bonchev–Trinajstić information content (AvgIpc) is 3.20. The van der Waals surface area contributed by atoms with Crippen LogP contribution in [0.15, 0.2) is 58.1 Å². The molecule has 1 aliphatic rings. The maximum Gasteiger partial charge on any atom is 0.297 e. The van der Waals surface area contributed by atoms with Crippen molar-refractivity contribution in [3.05, 3.63) is 64.8 Å². The molecule has 1 fully saturated rings. The molecule has 0 spiro atoms. The number of pyridine rings is 1. The Morgan fingerprint density at radius 3 is 2.71 bits per heavy atom. The van der Waals surface area contributed by atoms with E-state index in [9.17, 15) is 14.9 Å². The third-order valence-corrected chi connectivity index (χ3v) is 5.50. The SMILES string of the molecule is N#Cc1cccnc1N1CCN(C(=O)Cn2cnc3c(oc4ccccc43)c2=O)CC1. The van der Waals surface area contributed by atoms with Crippen LogP contribution in [0.25, 0.3) is 22.1 Å². The van der Waals surface area contributed by atoms with E-state index in [1.54, 1.807) is 29.3 Å². The molecule has 4 aromatic rings. The molecule has 5 rings (SSSR count). The lowest BCUT2D eigenvalue weighted by Gasteiger charge is -2.35. The van der Waals surface area contributed by atoms with Crippen molar-refractivity contribution in [2.75, 3.05) is 31.1 Å². The number of fused-ring (bicyclic) bond motifs is 3. The molecule has 31 heavy (non-hydrogen) atoms. The normalized spacial score (nSPS) is 14.2. The van der Waals surface area contributed by atoms with Crippen LogP contribution in [0.2, 0.25) is 0 Å². The Morgan fingerprint density at radius 2 is 1.90 bits per heavy atom. The number of piperazine rings is 1. The molecule has 0 bridgehead atoms. The Morgan fingerprint density at radius 1 is 1.10 bits per heavy atom. The van der Waals surface area contributed by atoms with Gasteiger partial charge in [-0.25, -0.2) is 9.97 Å². The molecular weight excluding hydrogens is 396 g/mol. The first kappa shape index (κ1) is 18.8. The fourth-order valence-corrected chi connectivity index (χ4v) is 3.88. The van der Waals surface area contributed by atoms with Crippen LogP contribution >= 0.6 is 0 Å². The summed E-state index contributed by atoms with van der Waals surface area (Å²) >= 11 is 0. The van der Waals surface area contributed by atoms with Crippen LogP contribution in [0.3, 0.4) is 0 Å². The second-order valence-electron chi connectivity index (χ2n) is 7.31. The molecule has 3 aromatic heterocycles. The van der Waals surface area contributed by atoms with Crippen molar-refractivity contribution in [2.45, 2.75) is 6.54 Å². The summed E-state index contributed by atoms with van der Waals surface area (Å²) in [6.07, 6.45) is 3.05. The van der Waals surface area contributed by atoms with Gasteiger partial charge in [0.2, 0.25) is 11.5 Å². The van der Waals surface area contributed by atoms with Crippen molar-refractivity contribution >= 4 is 33.8 Å². The van der Waals surface area contributed by atoms with Crippen molar-refractivity contribution in [3.8, 4) is 6.07 Å². The summed E-state index contributed by atoms with van der Waals surface area (Å²) in [6, 6.07) is 12.9. The molecule has 0 unspecified atom stereocenters. The zero-order valence-corrected chi connectivity index (χ0v) is 16.6. The molecule has 0 atom stereocenters. The van der Waals surface area contributed by atoms with Gasteiger partial charge in [-0.2, -0.15) is 5.26 Å². The predicted molar refractivity (Wildman–Crippen MR) is 114 cm³/mol. The third-order valence-electron chi connectivity index (χ3n) is 5.50. The van der Waals surface area contributed by atoms with Gasteiger partial charge in [0.05, 0.1) is 11.9 Å². The van der Waals surface area contributed by atoms with Gasteiger partial charge in [0.25, 0.3) is 5.56 Å². The van der Waals surface area contributed by atoms with E-state index in [0.717, 1.165) is 5.39 Å². The zero-order valence-electron chi connectivity index (χ0n) is 16.6. The largest absolute Gasteiger partial charge is 0.448 e. The van der Waals surface area contributed by atoms with Gasteiger partial charge in [-0.15, -0.1) is 0 Å². The first-order chi connectivity index (χ1) is 15.2. The second-order valence-corrected chi connectivity index (χ2v) is 7.31. The fraction of sp³-hybridized carbons (Fsp3) is 0.227. The quantitative estimate of drug-likeness (QED) is 0.503. The lowest BCUT2D eigenvalue weighted by atomic mass is 10.2. The first-order valence-corrected chi connectivity index (χ1v) is 9.90. The maximum absolute atomic E-state index is 12.8. The summed E-state index contributed by atoms with van der Waals surface area (Å²) in [4.78, 5) is 38.0. The van der Waals surface area contributed by atoms with Crippen LogP contribution < -0.4 is 10.5 Å². The van der Waals surface area contributed by atoms with Gasteiger partial charge in [-0.1, -0.05) is 12.1 Å². The van der Waals surface area contributed by atoms with Gasteiger partial charge < -0.3 is 14.2 Å². The highest BCUT2D eigenvalue weighted by Gasteiger charge is 2.24. The van der Waals surface area contributed by atoms with Crippen LogP contribution in [0.1, 0.15) is 5.56 Å². The van der Waals surface area contributed by atoms with Gasteiger partial charge >= 0.3 is 0 Å². The lowest BCUT2D eigenvalue weighted by Crippen LogP contribution is -2.50. The Kier molecular flexibility index (Phi) is 4.59. The molecule has 1 amide bonds. The summed E-state index contributed by atoms with van der Waals surface area (Å²) < 4.78 is 6.96. The van der Waals surface area contributed by atoms with E-state index in [1.807, 2.05) is 23.1 Å². The zero-order chi connectivity index (χ0) is 21.4. The molecule has 1 aliphatic heterocycles. The predicted octanol–water partition coefficient (Wildman–Crippen LogP) is 1.76. The number of para-hydroxylation sites is 1. The number of carbonyl (C=O) groups is 1. The molecule has 1 aromatic carbocycles. The van der Waals surface area contributed by atoms with E-state index in [1.165, 1.54) is 10.9 Å². The number of hydrogen-bond acceptors (Lipinski definition) is 7. The minimum Gasteiger partial charge on any atom is -0.448 e. The number of benzene rings is 1. The van der Waals surface area contributed by atoms with Gasteiger partial charge in [0, 0.05) is 37.8 Å². The number of carbonyl (C=O) groups excluding carboxylic acids is 1. The molecule has 0 saturated carbocycles. The number of hydrogen-bond donors (Lipinski definition) is 0. The molecule has 0 radical (unpaired) electrons. The molecule has 9 heteroatoms. The third kappa shape index (κ3) is 3.28. The highest BCUT2D eigenvalue weighted by atomic mass is 16.3. The van der Waals surface area contributed by atoms with Gasteiger partial charge in [0.15, 0.2) is 0 Å². The molecule has 0 N–H and O–H groups in total. The Hall–Kier alpha value is -4.19. The van der Waals surface area contributed by atoms with Crippen molar-refractivity contribution in [3.63, 3.8) is 0 Å². The van der Waals surface area contributed by atoms with E-state index in [2.05, 4.69) is 16.0 Å². The van der Waals surface area contributed by atoms with Crippen molar-refractivity contribution in [1.29, 1.82) is 5.26 Å². The van der Waals surface area contributed by atoms with Crippen LogP contribution in [-0.2, 0) is 11.3 Å². The van der Waals surface area contributed by atoms with Crippen molar-refractivity contribution < 1.29 is 9.21 Å². The number of rotatable bonds is 3. The van der Waals surface area contributed by atoms with Crippen LogP contribution in [0, 0.1) is 11.3 Å². The number of furan rings is 1. The Bertz CT molecular complexity index is 1390. The molecule has 0 aliphatic carbocycles. The highest BCUT2D eigenvalue weighted by molar-refractivity contribution is 6.01. The molecular formula is C22H18N6O3. The van der Waals surface area contributed by atoms with Gasteiger partial charge in [-0.05, 0) is 24.3 Å². The second kappa shape index (κ2) is 7.57. The van der Waals surface area contributed by atoms with Crippen LogP contribution in [0.5, 0.6) is 0 Å². The summed E-state index contributed by atoms with van der Waals surface area (Å²) in [5.74, 6) is 0.466. The van der Waals surface area contributed by atoms with E-state index in [-0.39, 0.29) is 23.6 Å². The van der Waals surface area contributed by atoms with E-state index in [0.29, 0.717) is 48.7 Å². The summed E-state index contributed by atoms with van der Waals surface area (Å²) in [5.41, 5.74) is 1.38. The number of aromatic nitrogens is 3. The molecule has 4 heterocycles. The lowest BCUT2D eigenvalue weighted by molar-refractivity contribution is -0.132. The minimum absolute atomic E-state index is 0.105. The van der Waals surface area contributed by atoms with Gasteiger partial charge in [-0.3, -0.25) is 14.2 Å². The molecule has 1 saturated heterocycles. The van der Waals surface area contributed by atoms with E-state index < -0.39 is 0 Å². The fourth-order valence-electron chi connectivity index (χ4n) is 3.88. The van der Waals surface area contributed by atoms with Crippen molar-refractivity contribution in [2.24, 2.45) is 0 Å².